The first-order chi connectivity index (χ1) is 6.40. The van der Waals surface area contributed by atoms with E-state index in [1.165, 1.54) is 11.3 Å². The minimum absolute atomic E-state index is 0.0257. The van der Waals surface area contributed by atoms with Crippen LogP contribution in [-0.2, 0) is 6.61 Å². The topological polar surface area (TPSA) is 58.9 Å². The van der Waals surface area contributed by atoms with Gasteiger partial charge in [0.2, 0.25) is 0 Å². The summed E-state index contributed by atoms with van der Waals surface area (Å²) in [6.07, 6.45) is 3.26. The minimum atomic E-state index is 0.0257. The van der Waals surface area contributed by atoms with Gasteiger partial charge >= 0.3 is 0 Å². The van der Waals surface area contributed by atoms with Crippen molar-refractivity contribution in [3.8, 4) is 10.7 Å². The van der Waals surface area contributed by atoms with Gasteiger partial charge in [-0.25, -0.2) is 4.98 Å². The van der Waals surface area contributed by atoms with E-state index in [9.17, 15) is 0 Å². The lowest BCUT2D eigenvalue weighted by Gasteiger charge is -1.90. The summed E-state index contributed by atoms with van der Waals surface area (Å²) in [5, 5.41) is 17.3. The second kappa shape index (κ2) is 3.59. The van der Waals surface area contributed by atoms with E-state index in [0.717, 1.165) is 15.6 Å². The van der Waals surface area contributed by atoms with Crippen molar-refractivity contribution in [1.82, 2.24) is 15.2 Å². The zero-order chi connectivity index (χ0) is 9.10. The van der Waals surface area contributed by atoms with Crippen molar-refractivity contribution in [3.63, 3.8) is 0 Å². The maximum Gasteiger partial charge on any atom is 0.144 e. The van der Waals surface area contributed by atoms with Gasteiger partial charge in [-0.2, -0.15) is 5.10 Å². The predicted octanol–water partition coefficient (Wildman–Crippen LogP) is 1.09. The van der Waals surface area contributed by atoms with Crippen LogP contribution >= 0.6 is 11.3 Å². The molecule has 0 spiro atoms. The molecule has 0 aromatic carbocycles. The van der Waals surface area contributed by atoms with Gasteiger partial charge in [0.25, 0.3) is 0 Å². The molecule has 0 aliphatic heterocycles. The molecular weight excluding hydrogens is 186 g/mol. The highest BCUT2D eigenvalue weighted by Crippen LogP contribution is 2.22. The molecule has 13 heavy (non-hydrogen) atoms. The lowest BCUT2D eigenvalue weighted by atomic mass is 10.4. The van der Waals surface area contributed by atoms with Crippen molar-refractivity contribution in [2.45, 2.75) is 6.61 Å². The third-order valence-electron chi connectivity index (χ3n) is 1.50. The Morgan fingerprint density at radius 1 is 1.46 bits per heavy atom. The van der Waals surface area contributed by atoms with Gasteiger partial charge in [-0.1, -0.05) is 0 Å². The smallest absolute Gasteiger partial charge is 0.144 e. The van der Waals surface area contributed by atoms with E-state index in [1.54, 1.807) is 12.4 Å². The highest BCUT2D eigenvalue weighted by atomic mass is 32.1. The zero-order valence-corrected chi connectivity index (χ0v) is 7.53. The third kappa shape index (κ3) is 1.71. The van der Waals surface area contributed by atoms with E-state index in [-0.39, 0.29) is 6.61 Å². The molecule has 5 heteroatoms. The summed E-state index contributed by atoms with van der Waals surface area (Å²) in [4.78, 5) is 4.95. The van der Waals surface area contributed by atoms with E-state index >= 15 is 0 Å². The molecule has 1 N–H and O–H groups in total. The number of hydrogen-bond donors (Lipinski definition) is 1. The van der Waals surface area contributed by atoms with E-state index in [1.807, 2.05) is 12.1 Å². The largest absolute Gasteiger partial charge is 0.391 e. The summed E-state index contributed by atoms with van der Waals surface area (Å²) in [5.74, 6) is 0. The molecule has 66 valence electrons. The van der Waals surface area contributed by atoms with Crippen molar-refractivity contribution >= 4 is 11.3 Å². The van der Waals surface area contributed by atoms with Crippen molar-refractivity contribution < 1.29 is 5.11 Å². The Hall–Kier alpha value is -1.33. The fourth-order valence-electron chi connectivity index (χ4n) is 0.915. The number of nitrogens with zero attached hydrogens (tertiary/aromatic N) is 3. The van der Waals surface area contributed by atoms with E-state index in [2.05, 4.69) is 15.2 Å². The van der Waals surface area contributed by atoms with Gasteiger partial charge in [0, 0.05) is 12.4 Å². The second-order valence-electron chi connectivity index (χ2n) is 2.40. The van der Waals surface area contributed by atoms with Crippen LogP contribution in [0.15, 0.2) is 24.5 Å². The van der Waals surface area contributed by atoms with Crippen molar-refractivity contribution in [1.29, 1.82) is 0 Å². The average Bonchev–Trinajstić information content (AvgIpc) is 2.67. The van der Waals surface area contributed by atoms with Crippen molar-refractivity contribution in [2.75, 3.05) is 0 Å². The van der Waals surface area contributed by atoms with Gasteiger partial charge in [-0.15, -0.1) is 16.4 Å². The molecule has 2 aromatic rings. The van der Waals surface area contributed by atoms with Crippen LogP contribution in [0, 0.1) is 0 Å². The molecule has 0 saturated carbocycles. The number of hydrogen-bond acceptors (Lipinski definition) is 5. The molecule has 0 unspecified atom stereocenters. The molecule has 0 radical (unpaired) electrons. The van der Waals surface area contributed by atoms with Gasteiger partial charge in [-0.05, 0) is 12.1 Å². The number of aromatic nitrogens is 3. The second-order valence-corrected chi connectivity index (χ2v) is 3.51. The van der Waals surface area contributed by atoms with E-state index in [4.69, 9.17) is 5.11 Å². The number of aliphatic hydroxyl groups excluding tert-OH is 1. The van der Waals surface area contributed by atoms with E-state index in [0.29, 0.717) is 0 Å². The molecule has 2 aromatic heterocycles. The molecule has 0 aliphatic rings. The Balaban J connectivity index is 2.36. The van der Waals surface area contributed by atoms with Crippen LogP contribution in [0.3, 0.4) is 0 Å². The van der Waals surface area contributed by atoms with Crippen LogP contribution in [0.5, 0.6) is 0 Å². The minimum Gasteiger partial charge on any atom is -0.391 e. The van der Waals surface area contributed by atoms with Gasteiger partial charge in [-0.3, -0.25) is 0 Å². The fourth-order valence-corrected chi connectivity index (χ4v) is 1.65. The first-order valence-electron chi connectivity index (χ1n) is 3.74. The van der Waals surface area contributed by atoms with Gasteiger partial charge in [0.05, 0.1) is 11.5 Å². The van der Waals surface area contributed by atoms with E-state index < -0.39 is 0 Å². The average molecular weight is 193 g/mol. The van der Waals surface area contributed by atoms with Crippen molar-refractivity contribution in [3.05, 3.63) is 29.4 Å². The number of rotatable bonds is 2. The maximum absolute atomic E-state index is 8.83. The first kappa shape index (κ1) is 8.28. The first-order valence-corrected chi connectivity index (χ1v) is 4.55. The van der Waals surface area contributed by atoms with Crippen LogP contribution in [0.4, 0.5) is 0 Å². The summed E-state index contributed by atoms with van der Waals surface area (Å²) in [5.41, 5.74) is 0.743. The highest BCUT2D eigenvalue weighted by Gasteiger charge is 2.04. The Labute approximate surface area is 78.9 Å². The van der Waals surface area contributed by atoms with Gasteiger partial charge < -0.3 is 5.11 Å². The monoisotopic (exact) mass is 193 g/mol. The number of thiazole rings is 1. The molecule has 0 saturated heterocycles. The Bertz CT molecular complexity index is 387. The molecule has 0 amide bonds. The molecule has 0 bridgehead atoms. The normalized spacial score (nSPS) is 10.2. The highest BCUT2D eigenvalue weighted by molar-refractivity contribution is 7.14. The van der Waals surface area contributed by atoms with Gasteiger partial charge in [0.1, 0.15) is 10.7 Å². The molecular formula is C8H7N3OS. The quantitative estimate of drug-likeness (QED) is 0.775. The third-order valence-corrected chi connectivity index (χ3v) is 2.51. The Morgan fingerprint density at radius 3 is 3.00 bits per heavy atom. The molecule has 2 rings (SSSR count). The summed E-state index contributed by atoms with van der Waals surface area (Å²) >= 11 is 1.42. The zero-order valence-electron chi connectivity index (χ0n) is 6.71. The van der Waals surface area contributed by atoms with Gasteiger partial charge in [0.15, 0.2) is 0 Å². The molecule has 0 atom stereocenters. The maximum atomic E-state index is 8.83. The molecule has 0 fully saturated rings. The standard InChI is InChI=1S/C8H7N3OS/c12-5-6-4-9-8(13-6)7-2-1-3-10-11-7/h1-4,12H,5H2. The summed E-state index contributed by atoms with van der Waals surface area (Å²) in [6.45, 7) is 0.0257. The Morgan fingerprint density at radius 2 is 2.38 bits per heavy atom. The molecule has 0 aliphatic carbocycles. The Kier molecular flexibility index (Phi) is 2.29. The number of aliphatic hydroxyl groups is 1. The van der Waals surface area contributed by atoms with Crippen LogP contribution in [0.1, 0.15) is 4.88 Å². The van der Waals surface area contributed by atoms with Crippen LogP contribution in [0.2, 0.25) is 0 Å². The van der Waals surface area contributed by atoms with Crippen molar-refractivity contribution in [2.24, 2.45) is 0 Å². The lowest BCUT2D eigenvalue weighted by molar-refractivity contribution is 0.285. The van der Waals surface area contributed by atoms with Crippen LogP contribution in [-0.4, -0.2) is 20.3 Å². The predicted molar refractivity (Wildman–Crippen MR) is 49.1 cm³/mol. The molecule has 2 heterocycles. The van der Waals surface area contributed by atoms with Crippen LogP contribution < -0.4 is 0 Å². The SMILES string of the molecule is OCc1cnc(-c2cccnn2)s1. The summed E-state index contributed by atoms with van der Waals surface area (Å²) < 4.78 is 0. The summed E-state index contributed by atoms with van der Waals surface area (Å²) in [6, 6.07) is 3.65. The lowest BCUT2D eigenvalue weighted by Crippen LogP contribution is -1.83. The van der Waals surface area contributed by atoms with Crippen LogP contribution in [0.25, 0.3) is 10.7 Å². The summed E-state index contributed by atoms with van der Waals surface area (Å²) in [7, 11) is 0. The molecule has 4 nitrogen and oxygen atoms in total. The fraction of sp³-hybridized carbons (Fsp3) is 0.125.